The summed E-state index contributed by atoms with van der Waals surface area (Å²) < 4.78 is 0. The van der Waals surface area contributed by atoms with Gasteiger partial charge in [0.2, 0.25) is 0 Å². The topological polar surface area (TPSA) is 53.4 Å². The van der Waals surface area contributed by atoms with Gasteiger partial charge in [-0.15, -0.1) is 0 Å². The third-order valence-corrected chi connectivity index (χ3v) is 3.45. The Morgan fingerprint density at radius 1 is 1.59 bits per heavy atom. The Labute approximate surface area is 101 Å². The summed E-state index contributed by atoms with van der Waals surface area (Å²) in [5.74, 6) is -1.04. The number of rotatable bonds is 3. The fourth-order valence-corrected chi connectivity index (χ4v) is 2.62. The smallest absolute Gasteiger partial charge is 0.308 e. The zero-order valence-electron chi connectivity index (χ0n) is 10.0. The summed E-state index contributed by atoms with van der Waals surface area (Å²) in [4.78, 5) is 17.9. The number of likely N-dealkylation sites (tertiary alicyclic amines) is 1. The molecule has 17 heavy (non-hydrogen) atoms. The van der Waals surface area contributed by atoms with Crippen LogP contribution in [0, 0.1) is 5.92 Å². The van der Waals surface area contributed by atoms with Gasteiger partial charge in [0, 0.05) is 6.20 Å². The van der Waals surface area contributed by atoms with Crippen molar-refractivity contribution in [1.82, 2.24) is 9.88 Å². The number of piperidine rings is 1. The van der Waals surface area contributed by atoms with E-state index in [2.05, 4.69) is 16.8 Å². The quantitative estimate of drug-likeness (QED) is 0.868. The molecule has 92 valence electrons. The standard InChI is InChI=1S/C13H18N2O2/c1-2-15-9-5-6-10(13(16)17)12(15)11-7-3-4-8-14-11/h3-4,7-8,10,12H,2,5-6,9H2,1H3,(H,16,17)/t10-,12-/m0/s1. The van der Waals surface area contributed by atoms with Gasteiger partial charge in [-0.1, -0.05) is 13.0 Å². The Kier molecular flexibility index (Phi) is 3.74. The van der Waals surface area contributed by atoms with Gasteiger partial charge in [-0.3, -0.25) is 14.7 Å². The fourth-order valence-electron chi connectivity index (χ4n) is 2.62. The van der Waals surface area contributed by atoms with Gasteiger partial charge in [0.05, 0.1) is 17.7 Å². The Morgan fingerprint density at radius 3 is 3.00 bits per heavy atom. The second-order valence-corrected chi connectivity index (χ2v) is 4.41. The lowest BCUT2D eigenvalue weighted by Gasteiger charge is -2.38. The van der Waals surface area contributed by atoms with Crippen LogP contribution in [-0.4, -0.2) is 34.0 Å². The van der Waals surface area contributed by atoms with Gasteiger partial charge in [-0.2, -0.15) is 0 Å². The Morgan fingerprint density at radius 2 is 2.41 bits per heavy atom. The van der Waals surface area contributed by atoms with Crippen LogP contribution in [-0.2, 0) is 4.79 Å². The number of nitrogens with zero attached hydrogens (tertiary/aromatic N) is 2. The molecule has 1 saturated heterocycles. The van der Waals surface area contributed by atoms with Crippen molar-refractivity contribution in [3.05, 3.63) is 30.1 Å². The maximum Gasteiger partial charge on any atom is 0.308 e. The van der Waals surface area contributed by atoms with Crippen molar-refractivity contribution in [2.45, 2.75) is 25.8 Å². The summed E-state index contributed by atoms with van der Waals surface area (Å²) in [5.41, 5.74) is 0.876. The number of carboxylic acid groups (broad SMARTS) is 1. The minimum Gasteiger partial charge on any atom is -0.481 e. The van der Waals surface area contributed by atoms with Gasteiger partial charge >= 0.3 is 5.97 Å². The second-order valence-electron chi connectivity index (χ2n) is 4.41. The molecule has 4 nitrogen and oxygen atoms in total. The number of hydrogen-bond donors (Lipinski definition) is 1. The molecule has 0 unspecified atom stereocenters. The molecule has 0 radical (unpaired) electrons. The fraction of sp³-hybridized carbons (Fsp3) is 0.538. The SMILES string of the molecule is CCN1CCC[C@H](C(=O)O)[C@H]1c1ccccn1. The van der Waals surface area contributed by atoms with E-state index in [0.29, 0.717) is 0 Å². The molecule has 1 aliphatic heterocycles. The van der Waals surface area contributed by atoms with E-state index < -0.39 is 5.97 Å². The highest BCUT2D eigenvalue weighted by Gasteiger charge is 2.36. The summed E-state index contributed by atoms with van der Waals surface area (Å²) in [6.45, 7) is 3.90. The van der Waals surface area contributed by atoms with E-state index in [9.17, 15) is 9.90 Å². The maximum absolute atomic E-state index is 11.3. The molecule has 4 heteroatoms. The zero-order valence-corrected chi connectivity index (χ0v) is 10.0. The van der Waals surface area contributed by atoms with Crippen LogP contribution in [0.2, 0.25) is 0 Å². The van der Waals surface area contributed by atoms with Crippen LogP contribution in [0.15, 0.2) is 24.4 Å². The number of hydrogen-bond acceptors (Lipinski definition) is 3. The monoisotopic (exact) mass is 234 g/mol. The average Bonchev–Trinajstić information content (AvgIpc) is 2.38. The summed E-state index contributed by atoms with van der Waals surface area (Å²) >= 11 is 0. The number of carbonyl (C=O) groups is 1. The van der Waals surface area contributed by atoms with Crippen LogP contribution in [0.25, 0.3) is 0 Å². The highest BCUT2D eigenvalue weighted by atomic mass is 16.4. The number of aromatic nitrogens is 1. The molecule has 1 aromatic rings. The summed E-state index contributed by atoms with van der Waals surface area (Å²) in [6.07, 6.45) is 3.43. The van der Waals surface area contributed by atoms with Crippen molar-refractivity contribution in [2.24, 2.45) is 5.92 Å². The first-order valence-corrected chi connectivity index (χ1v) is 6.11. The predicted octanol–water partition coefficient (Wildman–Crippen LogP) is 1.94. The van der Waals surface area contributed by atoms with Gasteiger partial charge in [-0.05, 0) is 38.1 Å². The molecule has 0 amide bonds. The summed E-state index contributed by atoms with van der Waals surface area (Å²) in [7, 11) is 0. The van der Waals surface area contributed by atoms with Crippen LogP contribution in [0.5, 0.6) is 0 Å². The van der Waals surface area contributed by atoms with E-state index in [4.69, 9.17) is 0 Å². The molecule has 0 spiro atoms. The zero-order chi connectivity index (χ0) is 12.3. The highest BCUT2D eigenvalue weighted by Crippen LogP contribution is 2.34. The summed E-state index contributed by atoms with van der Waals surface area (Å²) in [6, 6.07) is 5.63. The minimum absolute atomic E-state index is 0.0764. The molecule has 2 rings (SSSR count). The van der Waals surface area contributed by atoms with E-state index in [1.54, 1.807) is 6.20 Å². The van der Waals surface area contributed by atoms with Crippen LogP contribution in [0.4, 0.5) is 0 Å². The number of aliphatic carboxylic acids is 1. The van der Waals surface area contributed by atoms with Gasteiger partial charge in [0.1, 0.15) is 0 Å². The van der Waals surface area contributed by atoms with Crippen molar-refractivity contribution in [1.29, 1.82) is 0 Å². The van der Waals surface area contributed by atoms with Crippen molar-refractivity contribution in [3.8, 4) is 0 Å². The molecule has 2 heterocycles. The first kappa shape index (κ1) is 12.0. The molecule has 2 atom stereocenters. The second kappa shape index (κ2) is 5.27. The maximum atomic E-state index is 11.3. The van der Waals surface area contributed by atoms with Crippen molar-refractivity contribution in [2.75, 3.05) is 13.1 Å². The number of carboxylic acids is 1. The van der Waals surface area contributed by atoms with Gasteiger partial charge in [-0.25, -0.2) is 0 Å². The third-order valence-electron chi connectivity index (χ3n) is 3.45. The Bertz CT molecular complexity index is 380. The average molecular weight is 234 g/mol. The molecule has 1 aliphatic rings. The van der Waals surface area contributed by atoms with Gasteiger partial charge in [0.15, 0.2) is 0 Å². The van der Waals surface area contributed by atoms with E-state index in [1.807, 2.05) is 18.2 Å². The largest absolute Gasteiger partial charge is 0.481 e. The van der Waals surface area contributed by atoms with Crippen LogP contribution < -0.4 is 0 Å². The molecule has 0 bridgehead atoms. The van der Waals surface area contributed by atoms with Gasteiger partial charge in [0.25, 0.3) is 0 Å². The molecular formula is C13H18N2O2. The predicted molar refractivity (Wildman–Crippen MR) is 64.6 cm³/mol. The van der Waals surface area contributed by atoms with E-state index >= 15 is 0 Å². The number of pyridine rings is 1. The first-order valence-electron chi connectivity index (χ1n) is 6.11. The lowest BCUT2D eigenvalue weighted by atomic mass is 9.87. The molecule has 0 aliphatic carbocycles. The van der Waals surface area contributed by atoms with E-state index in [1.165, 1.54) is 0 Å². The van der Waals surface area contributed by atoms with Crippen molar-refractivity contribution < 1.29 is 9.90 Å². The molecular weight excluding hydrogens is 216 g/mol. The van der Waals surface area contributed by atoms with Gasteiger partial charge < -0.3 is 5.11 Å². The molecule has 1 fully saturated rings. The Balaban J connectivity index is 2.32. The lowest BCUT2D eigenvalue weighted by Crippen LogP contribution is -2.42. The minimum atomic E-state index is -0.709. The first-order chi connectivity index (χ1) is 8.24. The van der Waals surface area contributed by atoms with E-state index in [-0.39, 0.29) is 12.0 Å². The van der Waals surface area contributed by atoms with E-state index in [0.717, 1.165) is 31.6 Å². The van der Waals surface area contributed by atoms with Crippen molar-refractivity contribution in [3.63, 3.8) is 0 Å². The third kappa shape index (κ3) is 2.47. The highest BCUT2D eigenvalue weighted by molar-refractivity contribution is 5.71. The Hall–Kier alpha value is -1.42. The van der Waals surface area contributed by atoms with Crippen LogP contribution in [0.1, 0.15) is 31.5 Å². The van der Waals surface area contributed by atoms with Crippen LogP contribution >= 0.6 is 0 Å². The molecule has 0 saturated carbocycles. The normalized spacial score (nSPS) is 25.7. The van der Waals surface area contributed by atoms with Crippen LogP contribution in [0.3, 0.4) is 0 Å². The molecule has 1 N–H and O–H groups in total. The summed E-state index contributed by atoms with van der Waals surface area (Å²) in [5, 5.41) is 9.33. The molecule has 0 aromatic carbocycles. The lowest BCUT2D eigenvalue weighted by molar-refractivity contribution is -0.146. The van der Waals surface area contributed by atoms with Crippen molar-refractivity contribution >= 4 is 5.97 Å². The molecule has 1 aromatic heterocycles.